The molecule has 10 heteroatoms. The van der Waals surface area contributed by atoms with Crippen LogP contribution >= 0.6 is 23.5 Å². The Labute approximate surface area is 213 Å². The van der Waals surface area contributed by atoms with E-state index in [0.29, 0.717) is 45.3 Å². The zero-order valence-corrected chi connectivity index (χ0v) is 21.5. The third kappa shape index (κ3) is 6.41. The Balaban J connectivity index is 1.46. The SMILES string of the molecule is COc1ncc(Cl)cc1SNc1ccnc(-c2cc(F)c(CN3CCN(C(C)C)CC3)cc2F)c1. The van der Waals surface area contributed by atoms with Crippen LogP contribution in [-0.2, 0) is 6.54 Å². The third-order valence-electron chi connectivity index (χ3n) is 5.96. The number of nitrogens with one attached hydrogen (secondary N) is 1. The highest BCUT2D eigenvalue weighted by molar-refractivity contribution is 8.00. The third-order valence-corrected chi connectivity index (χ3v) is 7.02. The number of benzene rings is 1. The molecule has 1 aliphatic rings. The first-order chi connectivity index (χ1) is 16.8. The molecule has 0 amide bonds. The van der Waals surface area contributed by atoms with E-state index in [9.17, 15) is 4.39 Å². The molecule has 6 nitrogen and oxygen atoms in total. The van der Waals surface area contributed by atoms with Crippen molar-refractivity contribution in [3.8, 4) is 17.1 Å². The Hall–Kier alpha value is -2.46. The van der Waals surface area contributed by atoms with Gasteiger partial charge >= 0.3 is 0 Å². The van der Waals surface area contributed by atoms with Gasteiger partial charge in [0.15, 0.2) is 0 Å². The molecule has 1 aromatic carbocycles. The summed E-state index contributed by atoms with van der Waals surface area (Å²) < 4.78 is 38.5. The molecule has 3 aromatic rings. The lowest BCUT2D eigenvalue weighted by molar-refractivity contribution is 0.103. The molecule has 3 heterocycles. The Morgan fingerprint density at radius 1 is 1.09 bits per heavy atom. The van der Waals surface area contributed by atoms with Crippen molar-refractivity contribution in [2.75, 3.05) is 38.0 Å². The largest absolute Gasteiger partial charge is 0.480 e. The fourth-order valence-corrected chi connectivity index (χ4v) is 4.96. The lowest BCUT2D eigenvalue weighted by Crippen LogP contribution is -2.48. The zero-order chi connectivity index (χ0) is 24.9. The number of ether oxygens (including phenoxy) is 1. The number of hydrogen-bond acceptors (Lipinski definition) is 7. The van der Waals surface area contributed by atoms with Gasteiger partial charge in [0.2, 0.25) is 5.88 Å². The second kappa shape index (κ2) is 11.5. The predicted molar refractivity (Wildman–Crippen MR) is 137 cm³/mol. The van der Waals surface area contributed by atoms with Gasteiger partial charge in [-0.3, -0.25) is 14.8 Å². The molecule has 35 heavy (non-hydrogen) atoms. The predicted octanol–water partition coefficient (Wildman–Crippen LogP) is 5.73. The van der Waals surface area contributed by atoms with Gasteiger partial charge in [0.1, 0.15) is 11.6 Å². The van der Waals surface area contributed by atoms with Crippen LogP contribution in [0.25, 0.3) is 11.3 Å². The summed E-state index contributed by atoms with van der Waals surface area (Å²) in [4.78, 5) is 13.6. The molecule has 0 atom stereocenters. The lowest BCUT2D eigenvalue weighted by atomic mass is 10.1. The smallest absolute Gasteiger partial charge is 0.228 e. The molecule has 0 radical (unpaired) electrons. The molecular formula is C25H28ClF2N5OS. The number of aromatic nitrogens is 2. The average Bonchev–Trinajstić information content (AvgIpc) is 2.85. The van der Waals surface area contributed by atoms with Crippen molar-refractivity contribution in [3.63, 3.8) is 0 Å². The molecule has 0 spiro atoms. The van der Waals surface area contributed by atoms with Gasteiger partial charge in [0, 0.05) is 68.0 Å². The highest BCUT2D eigenvalue weighted by atomic mass is 35.5. The van der Waals surface area contributed by atoms with Crippen molar-refractivity contribution in [1.29, 1.82) is 0 Å². The van der Waals surface area contributed by atoms with E-state index >= 15 is 4.39 Å². The number of pyridine rings is 2. The van der Waals surface area contributed by atoms with Crippen LogP contribution in [0.2, 0.25) is 5.02 Å². The summed E-state index contributed by atoms with van der Waals surface area (Å²) in [6, 6.07) is 8.15. The maximum atomic E-state index is 15.1. The fraction of sp³-hybridized carbons (Fsp3) is 0.360. The van der Waals surface area contributed by atoms with Crippen LogP contribution in [0.5, 0.6) is 5.88 Å². The second-order valence-corrected chi connectivity index (χ2v) is 9.91. The molecule has 1 saturated heterocycles. The summed E-state index contributed by atoms with van der Waals surface area (Å²) in [7, 11) is 1.53. The van der Waals surface area contributed by atoms with E-state index in [1.165, 1.54) is 37.4 Å². The van der Waals surface area contributed by atoms with E-state index in [-0.39, 0.29) is 5.56 Å². The van der Waals surface area contributed by atoms with Crippen LogP contribution in [0.15, 0.2) is 47.6 Å². The van der Waals surface area contributed by atoms with Crippen LogP contribution in [0.4, 0.5) is 14.5 Å². The Bertz CT molecular complexity index is 1170. The summed E-state index contributed by atoms with van der Waals surface area (Å²) >= 11 is 7.28. The fourth-order valence-electron chi connectivity index (χ4n) is 3.97. The first-order valence-corrected chi connectivity index (χ1v) is 12.6. The van der Waals surface area contributed by atoms with Gasteiger partial charge in [0.25, 0.3) is 0 Å². The minimum absolute atomic E-state index is 0.117. The van der Waals surface area contributed by atoms with Crippen molar-refractivity contribution in [3.05, 3.63) is 64.9 Å². The first kappa shape index (κ1) is 25.6. The van der Waals surface area contributed by atoms with Crippen LogP contribution < -0.4 is 9.46 Å². The summed E-state index contributed by atoms with van der Waals surface area (Å²) in [6.07, 6.45) is 3.05. The quantitative estimate of drug-likeness (QED) is 0.381. The van der Waals surface area contributed by atoms with Crippen molar-refractivity contribution in [2.45, 2.75) is 31.3 Å². The molecule has 0 unspecified atom stereocenters. The van der Waals surface area contributed by atoms with E-state index < -0.39 is 11.6 Å². The Kier molecular flexibility index (Phi) is 8.43. The normalized spacial score (nSPS) is 14.9. The van der Waals surface area contributed by atoms with E-state index in [0.717, 1.165) is 26.2 Å². The topological polar surface area (TPSA) is 53.5 Å². The highest BCUT2D eigenvalue weighted by Crippen LogP contribution is 2.32. The Morgan fingerprint density at radius 3 is 2.57 bits per heavy atom. The van der Waals surface area contributed by atoms with Crippen molar-refractivity contribution in [1.82, 2.24) is 19.8 Å². The average molecular weight is 520 g/mol. The molecule has 4 rings (SSSR count). The summed E-state index contributed by atoms with van der Waals surface area (Å²) in [5.41, 5.74) is 1.47. The number of halogens is 3. The van der Waals surface area contributed by atoms with Crippen LogP contribution in [0.1, 0.15) is 19.4 Å². The monoisotopic (exact) mass is 519 g/mol. The molecule has 1 fully saturated rings. The number of nitrogens with zero attached hydrogens (tertiary/aromatic N) is 4. The number of hydrogen-bond donors (Lipinski definition) is 1. The minimum Gasteiger partial charge on any atom is -0.480 e. The van der Waals surface area contributed by atoms with Crippen LogP contribution in [0, 0.1) is 11.6 Å². The van der Waals surface area contributed by atoms with E-state index in [1.807, 2.05) is 0 Å². The van der Waals surface area contributed by atoms with Gasteiger partial charge in [-0.2, -0.15) is 0 Å². The summed E-state index contributed by atoms with van der Waals surface area (Å²) in [6.45, 7) is 8.26. The second-order valence-electron chi connectivity index (χ2n) is 8.62. The van der Waals surface area contributed by atoms with E-state index in [4.69, 9.17) is 16.3 Å². The number of methoxy groups -OCH3 is 1. The van der Waals surface area contributed by atoms with Gasteiger partial charge < -0.3 is 9.46 Å². The van der Waals surface area contributed by atoms with Crippen molar-refractivity contribution < 1.29 is 13.5 Å². The van der Waals surface area contributed by atoms with Crippen LogP contribution in [-0.4, -0.2) is 59.1 Å². The molecule has 1 N–H and O–H groups in total. The molecule has 2 aromatic heterocycles. The zero-order valence-electron chi connectivity index (χ0n) is 19.9. The molecule has 0 aliphatic carbocycles. The standard InChI is InChI=1S/C25H28ClF2N5OS/c1-16(2)33-8-6-32(7-9-33)15-17-10-22(28)20(13-21(17)27)23-12-19(4-5-29-23)31-35-24-11-18(26)14-30-25(24)34-3/h4-5,10-14,16H,6-9,15H2,1-3H3,(H,29,31). The van der Waals surface area contributed by atoms with Crippen molar-refractivity contribution >= 4 is 29.2 Å². The summed E-state index contributed by atoms with van der Waals surface area (Å²) in [5, 5.41) is 0.477. The lowest BCUT2D eigenvalue weighted by Gasteiger charge is -2.37. The highest BCUT2D eigenvalue weighted by Gasteiger charge is 2.21. The van der Waals surface area contributed by atoms with Gasteiger partial charge in [0.05, 0.1) is 22.7 Å². The molecule has 0 saturated carbocycles. The minimum atomic E-state index is -0.500. The first-order valence-electron chi connectivity index (χ1n) is 11.4. The summed E-state index contributed by atoms with van der Waals surface area (Å²) in [5.74, 6) is -0.507. The maximum absolute atomic E-state index is 15.1. The molecule has 1 aliphatic heterocycles. The van der Waals surface area contributed by atoms with Gasteiger partial charge in [-0.25, -0.2) is 13.8 Å². The van der Waals surface area contributed by atoms with Gasteiger partial charge in [-0.15, -0.1) is 0 Å². The molecule has 186 valence electrons. The van der Waals surface area contributed by atoms with Crippen LogP contribution in [0.3, 0.4) is 0 Å². The number of piperazine rings is 1. The van der Waals surface area contributed by atoms with Gasteiger partial charge in [-0.1, -0.05) is 11.6 Å². The number of rotatable bonds is 8. The maximum Gasteiger partial charge on any atom is 0.228 e. The Morgan fingerprint density at radius 2 is 1.86 bits per heavy atom. The molecule has 0 bridgehead atoms. The molecular weight excluding hydrogens is 492 g/mol. The van der Waals surface area contributed by atoms with Gasteiger partial charge in [-0.05, 0) is 56.1 Å². The van der Waals surface area contributed by atoms with Crippen molar-refractivity contribution in [2.24, 2.45) is 0 Å². The van der Waals surface area contributed by atoms with E-state index in [2.05, 4.69) is 38.3 Å². The number of anilines is 1. The van der Waals surface area contributed by atoms with E-state index in [1.54, 1.807) is 24.4 Å².